The van der Waals surface area contributed by atoms with E-state index in [1.54, 1.807) is 6.92 Å². The second kappa shape index (κ2) is 9.61. The SMILES string of the molecule is Cc1cc(-n2c3ccccc3c3c4ccccc4c4c(c32)C=CC(c2ccccc2)(c2ccccc2)O4)cc(C(F)(F)F)c1. The lowest BCUT2D eigenvalue weighted by Gasteiger charge is -2.37. The zero-order chi connectivity index (χ0) is 30.1. The van der Waals surface area contributed by atoms with Gasteiger partial charge in [0, 0.05) is 38.5 Å². The molecule has 1 aliphatic heterocycles. The van der Waals surface area contributed by atoms with Crippen LogP contribution in [0.15, 0.2) is 133 Å². The van der Waals surface area contributed by atoms with Crippen LogP contribution in [0.5, 0.6) is 5.75 Å². The van der Waals surface area contributed by atoms with Crippen molar-refractivity contribution in [3.8, 4) is 11.4 Å². The van der Waals surface area contributed by atoms with E-state index in [0.717, 1.165) is 49.3 Å². The predicted molar refractivity (Wildman–Crippen MR) is 171 cm³/mol. The number of hydrogen-bond donors (Lipinski definition) is 0. The predicted octanol–water partition coefficient (Wildman–Crippen LogP) is 10.6. The normalized spacial score (nSPS) is 14.2. The molecule has 0 saturated carbocycles. The van der Waals surface area contributed by atoms with Crippen LogP contribution in [0.1, 0.15) is 27.8 Å². The zero-order valence-electron chi connectivity index (χ0n) is 23.8. The highest BCUT2D eigenvalue weighted by Gasteiger charge is 2.39. The van der Waals surface area contributed by atoms with Crippen molar-refractivity contribution in [3.05, 3.63) is 161 Å². The lowest BCUT2D eigenvalue weighted by molar-refractivity contribution is -0.137. The van der Waals surface area contributed by atoms with Crippen LogP contribution in [0.4, 0.5) is 13.2 Å². The third kappa shape index (κ3) is 3.89. The van der Waals surface area contributed by atoms with Crippen molar-refractivity contribution in [1.29, 1.82) is 0 Å². The lowest BCUT2D eigenvalue weighted by Crippen LogP contribution is -2.34. The molecule has 44 heavy (non-hydrogen) atoms. The first-order valence-electron chi connectivity index (χ1n) is 14.5. The molecule has 0 bridgehead atoms. The standard InChI is InChI=1S/C39H26F3NO/c1-25-22-28(39(40,41)42)24-29(23-25)43-34-19-11-10-18-32(34)35-30-16-8-9-17-31(30)37-33(36(35)43)20-21-38(44-37,26-12-4-2-5-13-26)27-14-6-3-7-15-27/h2-24H,1H3. The van der Waals surface area contributed by atoms with Crippen molar-refractivity contribution >= 4 is 38.7 Å². The van der Waals surface area contributed by atoms with Gasteiger partial charge in [0.1, 0.15) is 5.75 Å². The van der Waals surface area contributed by atoms with Gasteiger partial charge in [-0.3, -0.25) is 0 Å². The van der Waals surface area contributed by atoms with Crippen LogP contribution in [0.2, 0.25) is 0 Å². The fraction of sp³-hybridized carbons (Fsp3) is 0.0769. The molecule has 7 aromatic rings. The zero-order valence-corrected chi connectivity index (χ0v) is 23.8. The molecule has 0 aliphatic carbocycles. The summed E-state index contributed by atoms with van der Waals surface area (Å²) in [6, 6.07) is 40.5. The number of halogens is 3. The number of hydrogen-bond acceptors (Lipinski definition) is 1. The summed E-state index contributed by atoms with van der Waals surface area (Å²) in [6.07, 6.45) is -0.309. The van der Waals surface area contributed by atoms with E-state index in [0.29, 0.717) is 17.0 Å². The average Bonchev–Trinajstić information content (AvgIpc) is 3.40. The molecule has 0 saturated heterocycles. The molecule has 0 unspecified atom stereocenters. The minimum atomic E-state index is -4.47. The molecule has 0 spiro atoms. The van der Waals surface area contributed by atoms with Crippen LogP contribution in [0.25, 0.3) is 44.3 Å². The molecule has 0 amide bonds. The summed E-state index contributed by atoms with van der Waals surface area (Å²) in [5, 5.41) is 3.86. The number of benzene rings is 6. The molecular formula is C39H26F3NO. The number of rotatable bonds is 3. The van der Waals surface area contributed by atoms with Gasteiger partial charge in [0.25, 0.3) is 0 Å². The summed E-state index contributed by atoms with van der Waals surface area (Å²) in [6.45, 7) is 1.70. The first-order valence-corrected chi connectivity index (χ1v) is 14.5. The average molecular weight is 582 g/mol. The van der Waals surface area contributed by atoms with Gasteiger partial charge in [-0.05, 0) is 54.3 Å². The molecule has 5 heteroatoms. The van der Waals surface area contributed by atoms with Crippen molar-refractivity contribution in [3.63, 3.8) is 0 Å². The lowest BCUT2D eigenvalue weighted by atomic mass is 9.83. The first kappa shape index (κ1) is 26.3. The summed E-state index contributed by atoms with van der Waals surface area (Å²) >= 11 is 0. The fourth-order valence-corrected chi connectivity index (χ4v) is 6.75. The molecule has 0 N–H and O–H groups in total. The van der Waals surface area contributed by atoms with E-state index in [9.17, 15) is 13.2 Å². The summed E-state index contributed by atoms with van der Waals surface area (Å²) in [5.41, 5.74) is 3.83. The van der Waals surface area contributed by atoms with Gasteiger partial charge in [-0.15, -0.1) is 0 Å². The molecule has 0 atom stereocenters. The molecule has 2 nitrogen and oxygen atoms in total. The van der Waals surface area contributed by atoms with Gasteiger partial charge in [-0.1, -0.05) is 103 Å². The molecule has 2 heterocycles. The fourth-order valence-electron chi connectivity index (χ4n) is 6.75. The number of para-hydroxylation sites is 1. The van der Waals surface area contributed by atoms with Gasteiger partial charge in [-0.2, -0.15) is 13.2 Å². The molecule has 8 rings (SSSR count). The summed E-state index contributed by atoms with van der Waals surface area (Å²) in [5.74, 6) is 0.691. The Kier molecular flexibility index (Phi) is 5.76. The maximum Gasteiger partial charge on any atom is 0.416 e. The van der Waals surface area contributed by atoms with Crippen LogP contribution in [0, 0.1) is 6.92 Å². The molecule has 6 aromatic carbocycles. The third-order valence-corrected chi connectivity index (χ3v) is 8.62. The van der Waals surface area contributed by atoms with E-state index in [-0.39, 0.29) is 0 Å². The Morgan fingerprint density at radius 3 is 1.91 bits per heavy atom. The Hall–Kier alpha value is -5.29. The molecule has 0 radical (unpaired) electrons. The van der Waals surface area contributed by atoms with Crippen LogP contribution in [-0.4, -0.2) is 4.57 Å². The van der Waals surface area contributed by atoms with Crippen molar-refractivity contribution in [2.45, 2.75) is 18.7 Å². The second-order valence-corrected chi connectivity index (χ2v) is 11.3. The highest BCUT2D eigenvalue weighted by Crippen LogP contribution is 2.50. The van der Waals surface area contributed by atoms with Crippen LogP contribution in [-0.2, 0) is 11.8 Å². The van der Waals surface area contributed by atoms with Gasteiger partial charge in [0.05, 0.1) is 16.6 Å². The molecule has 0 fully saturated rings. The van der Waals surface area contributed by atoms with E-state index < -0.39 is 17.3 Å². The Balaban J connectivity index is 1.52. The Bertz CT molecular complexity index is 2210. The summed E-state index contributed by atoms with van der Waals surface area (Å²) in [7, 11) is 0. The first-order chi connectivity index (χ1) is 21.3. The van der Waals surface area contributed by atoms with Gasteiger partial charge in [0.15, 0.2) is 5.60 Å². The van der Waals surface area contributed by atoms with Crippen LogP contribution < -0.4 is 4.74 Å². The Morgan fingerprint density at radius 2 is 1.25 bits per heavy atom. The number of aromatic nitrogens is 1. The maximum absolute atomic E-state index is 14.1. The van der Waals surface area contributed by atoms with Gasteiger partial charge in [0.2, 0.25) is 0 Å². The van der Waals surface area contributed by atoms with Crippen LogP contribution in [0.3, 0.4) is 0 Å². The Morgan fingerprint density at radius 1 is 0.659 bits per heavy atom. The topological polar surface area (TPSA) is 14.2 Å². The molecular weight excluding hydrogens is 555 g/mol. The van der Waals surface area contributed by atoms with Gasteiger partial charge < -0.3 is 9.30 Å². The quantitative estimate of drug-likeness (QED) is 0.202. The Labute approximate surface area is 252 Å². The number of aryl methyl sites for hydroxylation is 1. The number of fused-ring (bicyclic) bond motifs is 8. The van der Waals surface area contributed by atoms with E-state index in [1.165, 1.54) is 12.1 Å². The van der Waals surface area contributed by atoms with E-state index >= 15 is 0 Å². The molecule has 214 valence electrons. The number of alkyl halides is 3. The van der Waals surface area contributed by atoms with Crippen LogP contribution >= 0.6 is 0 Å². The van der Waals surface area contributed by atoms with E-state index in [1.807, 2.05) is 83.4 Å². The van der Waals surface area contributed by atoms with Crippen molar-refractivity contribution in [1.82, 2.24) is 4.57 Å². The highest BCUT2D eigenvalue weighted by molar-refractivity contribution is 6.25. The van der Waals surface area contributed by atoms with Crippen molar-refractivity contribution in [2.24, 2.45) is 0 Å². The minimum Gasteiger partial charge on any atom is -0.472 e. The minimum absolute atomic E-state index is 0.456. The van der Waals surface area contributed by atoms with Crippen molar-refractivity contribution < 1.29 is 17.9 Å². The summed E-state index contributed by atoms with van der Waals surface area (Å²) in [4.78, 5) is 0. The maximum atomic E-state index is 14.1. The largest absolute Gasteiger partial charge is 0.472 e. The molecule has 1 aliphatic rings. The monoisotopic (exact) mass is 581 g/mol. The van der Waals surface area contributed by atoms with Crippen molar-refractivity contribution in [2.75, 3.05) is 0 Å². The number of ether oxygens (including phenoxy) is 1. The van der Waals surface area contributed by atoms with E-state index in [4.69, 9.17) is 4.74 Å². The van der Waals surface area contributed by atoms with Gasteiger partial charge >= 0.3 is 6.18 Å². The summed E-state index contributed by atoms with van der Waals surface area (Å²) < 4.78 is 51.4. The van der Waals surface area contributed by atoms with E-state index in [2.05, 4.69) is 48.6 Å². The third-order valence-electron chi connectivity index (χ3n) is 8.62. The highest BCUT2D eigenvalue weighted by atomic mass is 19.4. The second-order valence-electron chi connectivity index (χ2n) is 11.3. The smallest absolute Gasteiger partial charge is 0.416 e. The van der Waals surface area contributed by atoms with Gasteiger partial charge in [-0.25, -0.2) is 0 Å². The number of nitrogens with zero attached hydrogens (tertiary/aromatic N) is 1. The molecule has 1 aromatic heterocycles.